The summed E-state index contributed by atoms with van der Waals surface area (Å²) in [4.78, 5) is 4.10. The standard InChI is InChI=1S/C11H10ClF2N3/c1-5(2)10-15-11(17-16-10)6-3-9(14)7(12)4-8(6)13/h3-5H,1-2H3,(H,15,16,17). The highest BCUT2D eigenvalue weighted by atomic mass is 35.5. The number of halogens is 3. The summed E-state index contributed by atoms with van der Waals surface area (Å²) in [5.74, 6) is -0.461. The molecular formula is C11H10ClF2N3. The van der Waals surface area contributed by atoms with Gasteiger partial charge < -0.3 is 0 Å². The summed E-state index contributed by atoms with van der Waals surface area (Å²) in [6.07, 6.45) is 0. The van der Waals surface area contributed by atoms with Gasteiger partial charge in [0, 0.05) is 5.92 Å². The molecule has 1 aromatic carbocycles. The van der Waals surface area contributed by atoms with E-state index in [1.54, 1.807) is 0 Å². The van der Waals surface area contributed by atoms with Gasteiger partial charge in [0.1, 0.15) is 17.5 Å². The van der Waals surface area contributed by atoms with Crippen LogP contribution in [0.2, 0.25) is 5.02 Å². The first-order chi connectivity index (χ1) is 7.99. The number of rotatable bonds is 2. The molecule has 1 N–H and O–H groups in total. The van der Waals surface area contributed by atoms with E-state index in [1.165, 1.54) is 0 Å². The van der Waals surface area contributed by atoms with E-state index in [0.29, 0.717) is 5.82 Å². The van der Waals surface area contributed by atoms with E-state index in [-0.39, 0.29) is 22.3 Å². The minimum atomic E-state index is -0.695. The summed E-state index contributed by atoms with van der Waals surface area (Å²) < 4.78 is 26.8. The molecule has 0 fully saturated rings. The zero-order chi connectivity index (χ0) is 12.6. The monoisotopic (exact) mass is 257 g/mol. The fraction of sp³-hybridized carbons (Fsp3) is 0.273. The lowest BCUT2D eigenvalue weighted by molar-refractivity contribution is 0.602. The molecule has 0 aliphatic carbocycles. The fourth-order valence-electron chi connectivity index (χ4n) is 1.35. The number of hydrogen-bond acceptors (Lipinski definition) is 2. The molecule has 90 valence electrons. The van der Waals surface area contributed by atoms with Crippen LogP contribution in [0.5, 0.6) is 0 Å². The lowest BCUT2D eigenvalue weighted by Gasteiger charge is -2.00. The number of H-pyrrole nitrogens is 1. The predicted molar refractivity (Wildman–Crippen MR) is 60.8 cm³/mol. The Labute approximate surface area is 102 Å². The number of aromatic amines is 1. The molecule has 0 spiro atoms. The van der Waals surface area contributed by atoms with Crippen LogP contribution in [-0.2, 0) is 0 Å². The molecule has 3 nitrogen and oxygen atoms in total. The fourth-order valence-corrected chi connectivity index (χ4v) is 1.50. The van der Waals surface area contributed by atoms with Crippen LogP contribution in [0.15, 0.2) is 12.1 Å². The summed E-state index contributed by atoms with van der Waals surface area (Å²) in [6, 6.07) is 1.91. The topological polar surface area (TPSA) is 41.6 Å². The molecule has 6 heteroatoms. The molecule has 17 heavy (non-hydrogen) atoms. The van der Waals surface area contributed by atoms with Crippen molar-refractivity contribution in [1.29, 1.82) is 0 Å². The molecule has 0 aliphatic rings. The van der Waals surface area contributed by atoms with Crippen molar-refractivity contribution in [3.63, 3.8) is 0 Å². The Morgan fingerprint density at radius 1 is 1.24 bits per heavy atom. The molecule has 0 radical (unpaired) electrons. The SMILES string of the molecule is CC(C)c1nc(-c2cc(F)c(Cl)cc2F)n[nH]1. The first kappa shape index (κ1) is 12.0. The zero-order valence-corrected chi connectivity index (χ0v) is 10.0. The van der Waals surface area contributed by atoms with Gasteiger partial charge in [0.05, 0.1) is 10.6 Å². The van der Waals surface area contributed by atoms with E-state index >= 15 is 0 Å². The average Bonchev–Trinajstić information content (AvgIpc) is 2.72. The quantitative estimate of drug-likeness (QED) is 0.837. The molecule has 0 aliphatic heterocycles. The van der Waals surface area contributed by atoms with Crippen molar-refractivity contribution >= 4 is 11.6 Å². The molecule has 0 saturated heterocycles. The van der Waals surface area contributed by atoms with E-state index in [1.807, 2.05) is 13.8 Å². The Kier molecular flexibility index (Phi) is 3.11. The Morgan fingerprint density at radius 3 is 2.53 bits per heavy atom. The van der Waals surface area contributed by atoms with Gasteiger partial charge in [0.15, 0.2) is 5.82 Å². The maximum absolute atomic E-state index is 13.6. The van der Waals surface area contributed by atoms with Gasteiger partial charge in [-0.3, -0.25) is 5.10 Å². The van der Waals surface area contributed by atoms with Crippen molar-refractivity contribution in [3.8, 4) is 11.4 Å². The highest BCUT2D eigenvalue weighted by Gasteiger charge is 2.15. The van der Waals surface area contributed by atoms with Crippen LogP contribution in [0.3, 0.4) is 0 Å². The van der Waals surface area contributed by atoms with E-state index in [9.17, 15) is 8.78 Å². The van der Waals surface area contributed by atoms with E-state index < -0.39 is 11.6 Å². The lowest BCUT2D eigenvalue weighted by atomic mass is 10.2. The van der Waals surface area contributed by atoms with Crippen LogP contribution < -0.4 is 0 Å². The van der Waals surface area contributed by atoms with Crippen LogP contribution in [0, 0.1) is 11.6 Å². The maximum atomic E-state index is 13.6. The Morgan fingerprint density at radius 2 is 1.94 bits per heavy atom. The number of nitrogens with zero attached hydrogens (tertiary/aromatic N) is 2. The molecule has 0 saturated carbocycles. The van der Waals surface area contributed by atoms with Crippen molar-refractivity contribution < 1.29 is 8.78 Å². The third kappa shape index (κ3) is 2.29. The molecule has 0 atom stereocenters. The summed E-state index contributed by atoms with van der Waals surface area (Å²) in [5, 5.41) is 6.28. The second-order valence-electron chi connectivity index (χ2n) is 3.95. The number of nitrogens with one attached hydrogen (secondary N) is 1. The highest BCUT2D eigenvalue weighted by molar-refractivity contribution is 6.30. The largest absolute Gasteiger partial charge is 0.262 e. The Balaban J connectivity index is 2.49. The normalized spacial score (nSPS) is 11.2. The van der Waals surface area contributed by atoms with Crippen LogP contribution in [0.1, 0.15) is 25.6 Å². The molecule has 0 unspecified atom stereocenters. The zero-order valence-electron chi connectivity index (χ0n) is 9.26. The molecule has 0 bridgehead atoms. The van der Waals surface area contributed by atoms with Gasteiger partial charge in [-0.1, -0.05) is 25.4 Å². The van der Waals surface area contributed by atoms with Gasteiger partial charge in [0.2, 0.25) is 0 Å². The lowest BCUT2D eigenvalue weighted by Crippen LogP contribution is -1.91. The second kappa shape index (κ2) is 4.41. The number of aromatic nitrogens is 3. The minimum Gasteiger partial charge on any atom is -0.262 e. The van der Waals surface area contributed by atoms with Crippen LogP contribution in [0.25, 0.3) is 11.4 Å². The summed E-state index contributed by atoms with van der Waals surface area (Å²) >= 11 is 5.47. The van der Waals surface area contributed by atoms with Gasteiger partial charge in [-0.25, -0.2) is 13.8 Å². The van der Waals surface area contributed by atoms with E-state index in [2.05, 4.69) is 15.2 Å². The summed E-state index contributed by atoms with van der Waals surface area (Å²) in [5.41, 5.74) is -0.00458. The predicted octanol–water partition coefficient (Wildman–Crippen LogP) is 3.53. The Bertz CT molecular complexity index is 552. The minimum absolute atomic E-state index is 0.00458. The maximum Gasteiger partial charge on any atom is 0.184 e. The third-order valence-electron chi connectivity index (χ3n) is 2.30. The molecule has 0 amide bonds. The average molecular weight is 258 g/mol. The van der Waals surface area contributed by atoms with Crippen LogP contribution >= 0.6 is 11.6 Å². The van der Waals surface area contributed by atoms with Gasteiger partial charge in [-0.05, 0) is 12.1 Å². The van der Waals surface area contributed by atoms with Gasteiger partial charge in [-0.15, -0.1) is 0 Å². The number of benzene rings is 1. The molecule has 2 rings (SSSR count). The van der Waals surface area contributed by atoms with Crippen molar-refractivity contribution in [3.05, 3.63) is 34.6 Å². The molecule has 1 heterocycles. The first-order valence-corrected chi connectivity index (χ1v) is 5.44. The Hall–Kier alpha value is -1.49. The summed E-state index contributed by atoms with van der Waals surface area (Å²) in [6.45, 7) is 3.84. The van der Waals surface area contributed by atoms with Crippen molar-refractivity contribution in [1.82, 2.24) is 15.2 Å². The van der Waals surface area contributed by atoms with E-state index in [0.717, 1.165) is 12.1 Å². The number of hydrogen-bond donors (Lipinski definition) is 1. The third-order valence-corrected chi connectivity index (χ3v) is 2.59. The van der Waals surface area contributed by atoms with Crippen molar-refractivity contribution in [2.24, 2.45) is 0 Å². The van der Waals surface area contributed by atoms with Crippen LogP contribution in [0.4, 0.5) is 8.78 Å². The molecule has 1 aromatic heterocycles. The smallest absolute Gasteiger partial charge is 0.184 e. The highest BCUT2D eigenvalue weighted by Crippen LogP contribution is 2.26. The first-order valence-electron chi connectivity index (χ1n) is 5.06. The van der Waals surface area contributed by atoms with E-state index in [4.69, 9.17) is 11.6 Å². The molecular weight excluding hydrogens is 248 g/mol. The second-order valence-corrected chi connectivity index (χ2v) is 4.35. The van der Waals surface area contributed by atoms with Gasteiger partial charge >= 0.3 is 0 Å². The summed E-state index contributed by atoms with van der Waals surface area (Å²) in [7, 11) is 0. The van der Waals surface area contributed by atoms with Crippen molar-refractivity contribution in [2.45, 2.75) is 19.8 Å². The van der Waals surface area contributed by atoms with Crippen LogP contribution in [-0.4, -0.2) is 15.2 Å². The van der Waals surface area contributed by atoms with Crippen molar-refractivity contribution in [2.75, 3.05) is 0 Å². The van der Waals surface area contributed by atoms with Gasteiger partial charge in [0.25, 0.3) is 0 Å². The molecule has 2 aromatic rings. The van der Waals surface area contributed by atoms with Gasteiger partial charge in [-0.2, -0.15) is 5.10 Å².